The Bertz CT molecular complexity index is 408. The van der Waals surface area contributed by atoms with Gasteiger partial charge >= 0.3 is 0 Å². The fourth-order valence-electron chi connectivity index (χ4n) is 2.74. The summed E-state index contributed by atoms with van der Waals surface area (Å²) < 4.78 is 5.14. The van der Waals surface area contributed by atoms with Gasteiger partial charge in [0.15, 0.2) is 5.82 Å². The van der Waals surface area contributed by atoms with Gasteiger partial charge in [-0.1, -0.05) is 13.8 Å². The molecule has 0 saturated heterocycles. The molecule has 0 aliphatic heterocycles. The molecule has 0 bridgehead atoms. The van der Waals surface area contributed by atoms with E-state index in [1.54, 1.807) is 13.2 Å². The van der Waals surface area contributed by atoms with Crippen molar-refractivity contribution in [3.63, 3.8) is 0 Å². The number of methoxy groups -OCH3 is 1. The first-order valence-corrected chi connectivity index (χ1v) is 6.67. The predicted molar refractivity (Wildman–Crippen MR) is 74.8 cm³/mol. The van der Waals surface area contributed by atoms with E-state index in [0.29, 0.717) is 23.5 Å². The highest BCUT2D eigenvalue weighted by atomic mass is 16.5. The maximum atomic E-state index is 5.95. The van der Waals surface area contributed by atoms with Crippen LogP contribution in [0.15, 0.2) is 12.1 Å². The monoisotopic (exact) mass is 249 g/mol. The van der Waals surface area contributed by atoms with Crippen molar-refractivity contribution in [1.29, 1.82) is 0 Å². The lowest BCUT2D eigenvalue weighted by molar-refractivity contribution is 0.276. The standard InChI is InChI=1S/C14H23N3O/c1-9-4-6-12(10(2)8-9)16-14-11(15)5-7-13(17-14)18-3/h5,7,9-10,12H,4,6,8,15H2,1-3H3,(H,16,17). The molecule has 1 aromatic rings. The number of hydrogen-bond acceptors (Lipinski definition) is 4. The number of anilines is 2. The molecule has 1 heterocycles. The van der Waals surface area contributed by atoms with Crippen molar-refractivity contribution in [2.45, 2.75) is 39.2 Å². The fourth-order valence-corrected chi connectivity index (χ4v) is 2.74. The van der Waals surface area contributed by atoms with Crippen molar-refractivity contribution in [3.8, 4) is 5.88 Å². The highest BCUT2D eigenvalue weighted by Gasteiger charge is 2.25. The number of nitrogens with two attached hydrogens (primary N) is 1. The third-order valence-corrected chi connectivity index (χ3v) is 3.86. The van der Waals surface area contributed by atoms with Gasteiger partial charge in [-0.15, -0.1) is 0 Å². The zero-order valence-electron chi connectivity index (χ0n) is 11.4. The van der Waals surface area contributed by atoms with Crippen LogP contribution in [0.25, 0.3) is 0 Å². The summed E-state index contributed by atoms with van der Waals surface area (Å²) in [5.41, 5.74) is 6.64. The van der Waals surface area contributed by atoms with Gasteiger partial charge in [0.05, 0.1) is 12.8 Å². The Hall–Kier alpha value is -1.45. The summed E-state index contributed by atoms with van der Waals surface area (Å²) >= 11 is 0. The van der Waals surface area contributed by atoms with Crippen LogP contribution in [-0.4, -0.2) is 18.1 Å². The van der Waals surface area contributed by atoms with Gasteiger partial charge in [0, 0.05) is 12.1 Å². The Balaban J connectivity index is 2.08. The van der Waals surface area contributed by atoms with Crippen LogP contribution in [0.3, 0.4) is 0 Å². The van der Waals surface area contributed by atoms with Crippen molar-refractivity contribution in [2.75, 3.05) is 18.2 Å². The molecule has 2 rings (SSSR count). The minimum atomic E-state index is 0.461. The van der Waals surface area contributed by atoms with E-state index < -0.39 is 0 Å². The van der Waals surface area contributed by atoms with E-state index in [1.807, 2.05) is 6.07 Å². The van der Waals surface area contributed by atoms with E-state index in [1.165, 1.54) is 19.3 Å². The Labute approximate surface area is 109 Å². The molecule has 1 saturated carbocycles. The summed E-state index contributed by atoms with van der Waals surface area (Å²) in [5, 5.41) is 3.48. The molecule has 1 aliphatic rings. The molecule has 3 atom stereocenters. The Morgan fingerprint density at radius 3 is 2.78 bits per heavy atom. The van der Waals surface area contributed by atoms with Crippen LogP contribution in [0, 0.1) is 11.8 Å². The van der Waals surface area contributed by atoms with Crippen LogP contribution in [-0.2, 0) is 0 Å². The van der Waals surface area contributed by atoms with Crippen molar-refractivity contribution >= 4 is 11.5 Å². The SMILES string of the molecule is COc1ccc(N)c(NC2CCC(C)CC2C)n1. The van der Waals surface area contributed by atoms with Crippen LogP contribution < -0.4 is 15.8 Å². The number of nitrogens with zero attached hydrogens (tertiary/aromatic N) is 1. The second-order valence-corrected chi connectivity index (χ2v) is 5.44. The molecule has 1 fully saturated rings. The number of aromatic nitrogens is 1. The number of ether oxygens (including phenoxy) is 1. The van der Waals surface area contributed by atoms with Crippen LogP contribution in [0.4, 0.5) is 11.5 Å². The van der Waals surface area contributed by atoms with E-state index in [9.17, 15) is 0 Å². The van der Waals surface area contributed by atoms with E-state index in [2.05, 4.69) is 24.1 Å². The van der Waals surface area contributed by atoms with Gasteiger partial charge in [0.2, 0.25) is 5.88 Å². The molecule has 100 valence electrons. The maximum absolute atomic E-state index is 5.95. The number of pyridine rings is 1. The molecular formula is C14H23N3O. The summed E-state index contributed by atoms with van der Waals surface area (Å²) in [5.74, 6) is 2.83. The summed E-state index contributed by atoms with van der Waals surface area (Å²) in [6.07, 6.45) is 3.72. The number of nitrogen functional groups attached to an aromatic ring is 1. The highest BCUT2D eigenvalue weighted by Crippen LogP contribution is 2.31. The maximum Gasteiger partial charge on any atom is 0.215 e. The third-order valence-electron chi connectivity index (χ3n) is 3.86. The second-order valence-electron chi connectivity index (χ2n) is 5.44. The van der Waals surface area contributed by atoms with Crippen molar-refractivity contribution < 1.29 is 4.74 Å². The molecule has 4 nitrogen and oxygen atoms in total. The van der Waals surface area contributed by atoms with Gasteiger partial charge < -0.3 is 15.8 Å². The summed E-state index contributed by atoms with van der Waals surface area (Å²) in [6, 6.07) is 4.08. The summed E-state index contributed by atoms with van der Waals surface area (Å²) in [7, 11) is 1.62. The Morgan fingerprint density at radius 2 is 2.11 bits per heavy atom. The minimum Gasteiger partial charge on any atom is -0.481 e. The molecule has 3 N–H and O–H groups in total. The Kier molecular flexibility index (Phi) is 3.94. The van der Waals surface area contributed by atoms with Crippen LogP contribution in [0.1, 0.15) is 33.1 Å². The number of hydrogen-bond donors (Lipinski definition) is 2. The Morgan fingerprint density at radius 1 is 1.33 bits per heavy atom. The summed E-state index contributed by atoms with van der Waals surface area (Å²) in [6.45, 7) is 4.62. The number of nitrogens with one attached hydrogen (secondary N) is 1. The molecule has 3 unspecified atom stereocenters. The lowest BCUT2D eigenvalue weighted by atomic mass is 9.80. The van der Waals surface area contributed by atoms with Gasteiger partial charge in [0.1, 0.15) is 0 Å². The highest BCUT2D eigenvalue weighted by molar-refractivity contribution is 5.62. The first-order chi connectivity index (χ1) is 8.60. The fraction of sp³-hybridized carbons (Fsp3) is 0.643. The van der Waals surface area contributed by atoms with Gasteiger partial charge in [-0.2, -0.15) is 4.98 Å². The molecule has 0 spiro atoms. The van der Waals surface area contributed by atoms with E-state index in [-0.39, 0.29) is 0 Å². The quantitative estimate of drug-likeness (QED) is 0.864. The van der Waals surface area contributed by atoms with Gasteiger partial charge in [-0.3, -0.25) is 0 Å². The van der Waals surface area contributed by atoms with Gasteiger partial charge in [-0.25, -0.2) is 0 Å². The number of rotatable bonds is 3. The smallest absolute Gasteiger partial charge is 0.215 e. The first kappa shape index (κ1) is 13.0. The lowest BCUT2D eigenvalue weighted by Gasteiger charge is -2.33. The average Bonchev–Trinajstić information content (AvgIpc) is 2.35. The normalized spacial score (nSPS) is 27.8. The van der Waals surface area contributed by atoms with E-state index >= 15 is 0 Å². The second kappa shape index (κ2) is 5.46. The average molecular weight is 249 g/mol. The zero-order valence-corrected chi connectivity index (χ0v) is 11.4. The summed E-state index contributed by atoms with van der Waals surface area (Å²) in [4.78, 5) is 4.38. The minimum absolute atomic E-state index is 0.461. The van der Waals surface area contributed by atoms with Gasteiger partial charge in [-0.05, 0) is 37.2 Å². The molecule has 18 heavy (non-hydrogen) atoms. The molecule has 1 aliphatic carbocycles. The van der Waals surface area contributed by atoms with Crippen LogP contribution in [0.2, 0.25) is 0 Å². The van der Waals surface area contributed by atoms with Crippen molar-refractivity contribution in [2.24, 2.45) is 11.8 Å². The van der Waals surface area contributed by atoms with Crippen molar-refractivity contribution in [3.05, 3.63) is 12.1 Å². The molecule has 0 aromatic carbocycles. The van der Waals surface area contributed by atoms with Crippen LogP contribution >= 0.6 is 0 Å². The first-order valence-electron chi connectivity index (χ1n) is 6.67. The van der Waals surface area contributed by atoms with Gasteiger partial charge in [0.25, 0.3) is 0 Å². The van der Waals surface area contributed by atoms with E-state index in [4.69, 9.17) is 10.5 Å². The zero-order chi connectivity index (χ0) is 13.1. The molecule has 0 radical (unpaired) electrons. The van der Waals surface area contributed by atoms with Crippen LogP contribution in [0.5, 0.6) is 5.88 Å². The predicted octanol–water partition coefficient (Wildman–Crippen LogP) is 2.91. The van der Waals surface area contributed by atoms with E-state index in [0.717, 1.165) is 11.7 Å². The largest absolute Gasteiger partial charge is 0.481 e. The lowest BCUT2D eigenvalue weighted by Crippen LogP contribution is -2.33. The topological polar surface area (TPSA) is 60.2 Å². The third kappa shape index (κ3) is 2.86. The van der Waals surface area contributed by atoms with Crippen molar-refractivity contribution in [1.82, 2.24) is 4.98 Å². The molecule has 0 amide bonds. The molecule has 1 aromatic heterocycles. The molecular weight excluding hydrogens is 226 g/mol. The molecule has 4 heteroatoms.